The average Bonchev–Trinajstić information content (AvgIpc) is 2.75. The highest BCUT2D eigenvalue weighted by Crippen LogP contribution is 2.65. The summed E-state index contributed by atoms with van der Waals surface area (Å²) in [7, 11) is 0. The van der Waals surface area contributed by atoms with Crippen LogP contribution < -0.4 is 5.32 Å². The largest absolute Gasteiger partial charge is 0.349 e. The van der Waals surface area contributed by atoms with E-state index in [1.165, 1.54) is 18.6 Å². The van der Waals surface area contributed by atoms with Crippen molar-refractivity contribution in [2.45, 2.75) is 46.1 Å². The van der Waals surface area contributed by atoms with Gasteiger partial charge in [0, 0.05) is 6.04 Å². The van der Waals surface area contributed by atoms with Crippen LogP contribution >= 0.6 is 0 Å². The van der Waals surface area contributed by atoms with Crippen LogP contribution in [0.1, 0.15) is 50.4 Å². The highest BCUT2D eigenvalue weighted by molar-refractivity contribution is 5.94. The number of benzene rings is 1. The van der Waals surface area contributed by atoms with Crippen molar-refractivity contribution in [3.8, 4) is 0 Å². The maximum atomic E-state index is 13.7. The van der Waals surface area contributed by atoms with Crippen LogP contribution in [-0.2, 0) is 0 Å². The fourth-order valence-electron chi connectivity index (χ4n) is 4.34. The molecule has 0 saturated heterocycles. The van der Waals surface area contributed by atoms with E-state index in [1.54, 1.807) is 0 Å². The average molecular weight is 293 g/mol. The first-order valence-corrected chi connectivity index (χ1v) is 7.52. The lowest BCUT2D eigenvalue weighted by Gasteiger charge is -2.39. The Bertz CT molecular complexity index is 598. The summed E-state index contributed by atoms with van der Waals surface area (Å²) in [4.78, 5) is 12.3. The maximum absolute atomic E-state index is 13.7. The van der Waals surface area contributed by atoms with Crippen molar-refractivity contribution in [2.75, 3.05) is 0 Å². The van der Waals surface area contributed by atoms with E-state index >= 15 is 0 Å². The molecule has 2 saturated carbocycles. The van der Waals surface area contributed by atoms with Crippen molar-refractivity contribution in [1.82, 2.24) is 5.32 Å². The summed E-state index contributed by atoms with van der Waals surface area (Å²) in [6, 6.07) is 3.74. The van der Waals surface area contributed by atoms with Gasteiger partial charge in [-0.3, -0.25) is 4.79 Å². The second kappa shape index (κ2) is 4.52. The molecule has 1 aromatic carbocycles. The Morgan fingerprint density at radius 3 is 2.57 bits per heavy atom. The van der Waals surface area contributed by atoms with Gasteiger partial charge in [0.15, 0.2) is 11.6 Å². The first-order chi connectivity index (χ1) is 9.77. The molecule has 114 valence electrons. The molecule has 3 rings (SSSR count). The van der Waals surface area contributed by atoms with Gasteiger partial charge in [-0.25, -0.2) is 8.78 Å². The minimum Gasteiger partial charge on any atom is -0.349 e. The van der Waals surface area contributed by atoms with Gasteiger partial charge in [-0.05, 0) is 48.1 Å². The van der Waals surface area contributed by atoms with Crippen molar-refractivity contribution in [3.63, 3.8) is 0 Å². The van der Waals surface area contributed by atoms with Crippen LogP contribution in [0.2, 0.25) is 0 Å². The Hall–Kier alpha value is -1.45. The zero-order valence-electron chi connectivity index (χ0n) is 12.7. The smallest absolute Gasteiger partial charge is 0.254 e. The third-order valence-corrected chi connectivity index (χ3v) is 6.30. The fourth-order valence-corrected chi connectivity index (χ4v) is 4.34. The Morgan fingerprint density at radius 1 is 1.29 bits per heavy atom. The summed E-state index contributed by atoms with van der Waals surface area (Å²) in [6.07, 6.45) is 3.18. The minimum absolute atomic E-state index is 0.0249. The number of hydrogen-bond acceptors (Lipinski definition) is 1. The molecule has 0 aromatic heterocycles. The number of carbonyl (C=O) groups excluding carboxylic acids is 1. The van der Waals surface area contributed by atoms with Crippen molar-refractivity contribution in [3.05, 3.63) is 35.4 Å². The fraction of sp³-hybridized carbons (Fsp3) is 0.588. The first kappa shape index (κ1) is 14.5. The van der Waals surface area contributed by atoms with Gasteiger partial charge >= 0.3 is 0 Å². The summed E-state index contributed by atoms with van der Waals surface area (Å²) < 4.78 is 27.0. The number of nitrogens with one attached hydrogen (secondary N) is 1. The molecule has 3 atom stereocenters. The minimum atomic E-state index is -1.07. The molecule has 2 fully saturated rings. The molecule has 1 amide bonds. The number of halogens is 2. The van der Waals surface area contributed by atoms with Crippen molar-refractivity contribution in [2.24, 2.45) is 16.7 Å². The molecule has 4 heteroatoms. The summed E-state index contributed by atoms with van der Waals surface area (Å²) in [5, 5.41) is 2.95. The number of fused-ring (bicyclic) bond motifs is 2. The van der Waals surface area contributed by atoms with Crippen LogP contribution in [-0.4, -0.2) is 11.9 Å². The molecule has 0 spiro atoms. The SMILES string of the molecule is CC1(C)C2CCC1(C)C(NC(=O)c1cccc(F)c1F)C2. The van der Waals surface area contributed by atoms with Crippen LogP contribution in [0.5, 0.6) is 0 Å². The molecule has 2 nitrogen and oxygen atoms in total. The molecule has 1 N–H and O–H groups in total. The molecule has 2 aliphatic carbocycles. The molecule has 0 radical (unpaired) electrons. The predicted molar refractivity (Wildman–Crippen MR) is 76.8 cm³/mol. The van der Waals surface area contributed by atoms with Gasteiger partial charge in [-0.2, -0.15) is 0 Å². The lowest BCUT2D eigenvalue weighted by Crippen LogP contribution is -2.47. The van der Waals surface area contributed by atoms with Crippen molar-refractivity contribution < 1.29 is 13.6 Å². The van der Waals surface area contributed by atoms with Gasteiger partial charge in [0.05, 0.1) is 5.56 Å². The van der Waals surface area contributed by atoms with Crippen molar-refractivity contribution in [1.29, 1.82) is 0 Å². The lowest BCUT2D eigenvalue weighted by molar-refractivity contribution is 0.0821. The van der Waals surface area contributed by atoms with E-state index in [9.17, 15) is 13.6 Å². The Labute approximate surface area is 123 Å². The number of carbonyl (C=O) groups is 1. The summed E-state index contributed by atoms with van der Waals surface area (Å²) in [6.45, 7) is 6.70. The van der Waals surface area contributed by atoms with Crippen LogP contribution in [0.3, 0.4) is 0 Å². The van der Waals surface area contributed by atoms with Crippen molar-refractivity contribution >= 4 is 5.91 Å². The van der Waals surface area contributed by atoms with E-state index in [0.717, 1.165) is 18.9 Å². The summed E-state index contributed by atoms with van der Waals surface area (Å²) in [5.74, 6) is -1.98. The van der Waals surface area contributed by atoms with E-state index in [4.69, 9.17) is 0 Å². The quantitative estimate of drug-likeness (QED) is 0.880. The maximum Gasteiger partial charge on any atom is 0.254 e. The number of amides is 1. The monoisotopic (exact) mass is 293 g/mol. The highest BCUT2D eigenvalue weighted by atomic mass is 19.2. The molecule has 2 bridgehead atoms. The zero-order valence-corrected chi connectivity index (χ0v) is 12.7. The number of rotatable bonds is 2. The molecule has 21 heavy (non-hydrogen) atoms. The van der Waals surface area contributed by atoms with E-state index in [1.807, 2.05) is 0 Å². The Kier molecular flexibility index (Phi) is 3.12. The zero-order chi connectivity index (χ0) is 15.4. The molecule has 1 aromatic rings. The second-order valence-electron chi connectivity index (χ2n) is 7.24. The normalized spacial score (nSPS) is 33.2. The van der Waals surface area contributed by atoms with E-state index in [0.29, 0.717) is 5.92 Å². The van der Waals surface area contributed by atoms with E-state index < -0.39 is 17.5 Å². The van der Waals surface area contributed by atoms with Crippen LogP contribution in [0.25, 0.3) is 0 Å². The van der Waals surface area contributed by atoms with Gasteiger partial charge in [0.25, 0.3) is 5.91 Å². The number of hydrogen-bond donors (Lipinski definition) is 1. The van der Waals surface area contributed by atoms with Crippen LogP contribution in [0.15, 0.2) is 18.2 Å². The van der Waals surface area contributed by atoms with Crippen LogP contribution in [0.4, 0.5) is 8.78 Å². The molecule has 2 aliphatic rings. The Morgan fingerprint density at radius 2 is 2.00 bits per heavy atom. The lowest BCUT2D eigenvalue weighted by atomic mass is 9.69. The third-order valence-electron chi connectivity index (χ3n) is 6.30. The topological polar surface area (TPSA) is 29.1 Å². The van der Waals surface area contributed by atoms with Gasteiger partial charge in [0.1, 0.15) is 0 Å². The molecule has 0 heterocycles. The van der Waals surface area contributed by atoms with Gasteiger partial charge in [-0.15, -0.1) is 0 Å². The standard InChI is InChI=1S/C17H21F2NO/c1-16(2)10-7-8-17(16,3)13(9-10)20-15(21)11-5-4-6-12(18)14(11)19/h4-6,10,13H,7-9H2,1-3H3,(H,20,21). The second-order valence-corrected chi connectivity index (χ2v) is 7.24. The molecular weight excluding hydrogens is 272 g/mol. The highest BCUT2D eigenvalue weighted by Gasteiger charge is 2.61. The first-order valence-electron chi connectivity index (χ1n) is 7.52. The summed E-state index contributed by atoms with van der Waals surface area (Å²) >= 11 is 0. The van der Waals surface area contributed by atoms with E-state index in [2.05, 4.69) is 26.1 Å². The van der Waals surface area contributed by atoms with Gasteiger partial charge in [-0.1, -0.05) is 26.8 Å². The van der Waals surface area contributed by atoms with Gasteiger partial charge in [0.2, 0.25) is 0 Å². The van der Waals surface area contributed by atoms with Crippen LogP contribution in [0, 0.1) is 28.4 Å². The summed E-state index contributed by atoms with van der Waals surface area (Å²) in [5.41, 5.74) is -0.0121. The molecule has 0 aliphatic heterocycles. The Balaban J connectivity index is 1.82. The predicted octanol–water partition coefficient (Wildman–Crippen LogP) is 3.91. The third kappa shape index (κ3) is 1.91. The van der Waals surface area contributed by atoms with Gasteiger partial charge < -0.3 is 5.32 Å². The molecular formula is C17H21F2NO. The van der Waals surface area contributed by atoms with E-state index in [-0.39, 0.29) is 22.4 Å². The molecule has 3 unspecified atom stereocenters.